The van der Waals surface area contributed by atoms with Crippen molar-refractivity contribution in [2.45, 2.75) is 38.3 Å². The van der Waals surface area contributed by atoms with E-state index < -0.39 is 5.54 Å². The zero-order valence-electron chi connectivity index (χ0n) is 25.6. The minimum atomic E-state index is -0.490. The van der Waals surface area contributed by atoms with Gasteiger partial charge in [-0.3, -0.25) is 18.8 Å². The van der Waals surface area contributed by atoms with Crippen LogP contribution < -0.4 is 16.2 Å². The lowest BCUT2D eigenvalue weighted by Gasteiger charge is -2.39. The van der Waals surface area contributed by atoms with Crippen LogP contribution in [0.4, 0.5) is 5.82 Å². The van der Waals surface area contributed by atoms with Crippen LogP contribution in [0.3, 0.4) is 0 Å². The number of hydrogen-bond acceptors (Lipinski definition) is 8. The van der Waals surface area contributed by atoms with Crippen molar-refractivity contribution in [2.24, 2.45) is 0 Å². The molecule has 2 saturated heterocycles. The number of hydrogen-bond donors (Lipinski definition) is 1. The Bertz CT molecular complexity index is 1810. The number of morpholine rings is 1. The molecule has 11 nitrogen and oxygen atoms in total. The maximum Gasteiger partial charge on any atom is 0.334 e. The van der Waals surface area contributed by atoms with Crippen LogP contribution in [-0.2, 0) is 9.53 Å². The van der Waals surface area contributed by atoms with E-state index in [4.69, 9.17) is 15.2 Å². The summed E-state index contributed by atoms with van der Waals surface area (Å²) >= 11 is 0. The number of ether oxygens (including phenoxy) is 2. The molecular formula is C34H37N7O4. The van der Waals surface area contributed by atoms with Crippen molar-refractivity contribution in [1.29, 1.82) is 5.26 Å². The van der Waals surface area contributed by atoms with E-state index in [0.717, 1.165) is 13.1 Å². The van der Waals surface area contributed by atoms with Crippen LogP contribution >= 0.6 is 0 Å². The summed E-state index contributed by atoms with van der Waals surface area (Å²) in [6.07, 6.45) is 4.73. The molecule has 0 aliphatic carbocycles. The van der Waals surface area contributed by atoms with Gasteiger partial charge < -0.3 is 20.1 Å². The molecule has 2 N–H and O–H groups in total. The average molecular weight is 608 g/mol. The predicted molar refractivity (Wildman–Crippen MR) is 171 cm³/mol. The standard InChI is InChI=1S/C34H37N7O4/c1-34(2,39-17-19-44-20-18-39)21-24(22-35)32(42)38-16-6-7-26(23-38)40-29-14-15-37-31(36)30(29)41(33(40)43)25-10-12-28(13-11-25)45-27-8-4-3-5-9-27/h3-5,8-15,21,26H,6-7,16-20,23H2,1-2H3,(H2,36,37)/b24-21+/t26-/m1/s1. The normalized spacial score (nSPS) is 18.1. The van der Waals surface area contributed by atoms with Gasteiger partial charge in [0.2, 0.25) is 0 Å². The number of pyridine rings is 1. The molecule has 232 valence electrons. The molecule has 6 rings (SSSR count). The number of nitriles is 1. The van der Waals surface area contributed by atoms with Crippen molar-refractivity contribution in [1.82, 2.24) is 23.9 Å². The van der Waals surface area contributed by atoms with Crippen LogP contribution in [0.2, 0.25) is 0 Å². The molecule has 0 unspecified atom stereocenters. The number of para-hydroxylation sites is 1. The third kappa shape index (κ3) is 6.07. The fourth-order valence-electron chi connectivity index (χ4n) is 6.32. The van der Waals surface area contributed by atoms with Gasteiger partial charge in [-0.2, -0.15) is 5.26 Å². The van der Waals surface area contributed by atoms with Gasteiger partial charge in [-0.25, -0.2) is 9.78 Å². The number of rotatable bonds is 7. The predicted octanol–water partition coefficient (Wildman–Crippen LogP) is 4.29. The van der Waals surface area contributed by atoms with Gasteiger partial charge in [0.1, 0.15) is 34.5 Å². The number of amides is 1. The van der Waals surface area contributed by atoms with Gasteiger partial charge in [0.25, 0.3) is 5.91 Å². The van der Waals surface area contributed by atoms with Crippen LogP contribution in [0.1, 0.15) is 32.7 Å². The first kappa shape index (κ1) is 30.1. The molecule has 2 aliphatic rings. The van der Waals surface area contributed by atoms with Gasteiger partial charge in [-0.05, 0) is 75.2 Å². The first-order valence-electron chi connectivity index (χ1n) is 15.2. The number of nitrogens with zero attached hydrogens (tertiary/aromatic N) is 6. The molecule has 0 spiro atoms. The van der Waals surface area contributed by atoms with E-state index in [2.05, 4.69) is 16.0 Å². The summed E-state index contributed by atoms with van der Waals surface area (Å²) in [4.78, 5) is 36.1. The van der Waals surface area contributed by atoms with Crippen molar-refractivity contribution < 1.29 is 14.3 Å². The summed E-state index contributed by atoms with van der Waals surface area (Å²) in [5.74, 6) is 1.25. The molecule has 1 amide bonds. The van der Waals surface area contributed by atoms with E-state index in [1.807, 2.05) is 56.3 Å². The van der Waals surface area contributed by atoms with Gasteiger partial charge in [0.15, 0.2) is 0 Å². The zero-order chi connectivity index (χ0) is 31.6. The molecule has 1 atom stereocenters. The Balaban J connectivity index is 1.30. The highest BCUT2D eigenvalue weighted by Crippen LogP contribution is 2.30. The molecule has 2 aromatic heterocycles. The van der Waals surface area contributed by atoms with Crippen molar-refractivity contribution in [3.8, 4) is 23.3 Å². The number of nitrogens with two attached hydrogens (primary N) is 1. The van der Waals surface area contributed by atoms with Gasteiger partial charge in [-0.1, -0.05) is 18.2 Å². The Labute approximate surface area is 261 Å². The topological polar surface area (TPSA) is 132 Å². The number of aromatic nitrogens is 3. The van der Waals surface area contributed by atoms with Gasteiger partial charge in [0, 0.05) is 37.9 Å². The number of nitrogen functional groups attached to an aromatic ring is 1. The molecular weight excluding hydrogens is 570 g/mol. The Morgan fingerprint density at radius 2 is 1.78 bits per heavy atom. The third-order valence-electron chi connectivity index (χ3n) is 8.61. The molecule has 4 heterocycles. The maximum absolute atomic E-state index is 14.2. The Kier molecular flexibility index (Phi) is 8.43. The van der Waals surface area contributed by atoms with E-state index in [9.17, 15) is 14.9 Å². The van der Waals surface area contributed by atoms with Crippen LogP contribution in [0, 0.1) is 11.3 Å². The molecule has 2 fully saturated rings. The molecule has 45 heavy (non-hydrogen) atoms. The van der Waals surface area contributed by atoms with E-state index in [-0.39, 0.29) is 29.0 Å². The second kappa shape index (κ2) is 12.6. The summed E-state index contributed by atoms with van der Waals surface area (Å²) in [6.45, 7) is 7.52. The molecule has 2 aliphatic heterocycles. The molecule has 0 radical (unpaired) electrons. The van der Waals surface area contributed by atoms with Crippen molar-refractivity contribution in [3.05, 3.63) is 89.0 Å². The SMILES string of the molecule is CC(C)(/C=C(\C#N)C(=O)N1CCC[C@@H](n2c(=O)n(-c3ccc(Oc4ccccc4)cc3)c3c(N)nccc32)C1)N1CCOCC1. The lowest BCUT2D eigenvalue weighted by Crippen LogP contribution is -2.49. The lowest BCUT2D eigenvalue weighted by molar-refractivity contribution is -0.128. The summed E-state index contributed by atoms with van der Waals surface area (Å²) in [7, 11) is 0. The third-order valence-corrected chi connectivity index (χ3v) is 8.61. The highest BCUT2D eigenvalue weighted by Gasteiger charge is 2.33. The molecule has 4 aromatic rings. The Hall–Kier alpha value is -4.92. The smallest absolute Gasteiger partial charge is 0.334 e. The van der Waals surface area contributed by atoms with E-state index in [1.165, 1.54) is 0 Å². The van der Waals surface area contributed by atoms with Crippen LogP contribution in [0.15, 0.2) is 83.3 Å². The van der Waals surface area contributed by atoms with E-state index >= 15 is 0 Å². The number of piperidine rings is 1. The van der Waals surface area contributed by atoms with E-state index in [1.54, 1.807) is 44.5 Å². The van der Waals surface area contributed by atoms with Crippen LogP contribution in [0.25, 0.3) is 16.7 Å². The fraction of sp³-hybridized carbons (Fsp3) is 0.353. The van der Waals surface area contributed by atoms with Crippen molar-refractivity contribution in [3.63, 3.8) is 0 Å². The van der Waals surface area contributed by atoms with Crippen LogP contribution in [-0.4, -0.2) is 74.8 Å². The van der Waals surface area contributed by atoms with Crippen LogP contribution in [0.5, 0.6) is 11.5 Å². The quantitative estimate of drug-likeness (QED) is 0.243. The van der Waals surface area contributed by atoms with Gasteiger partial charge >= 0.3 is 5.69 Å². The second-order valence-electron chi connectivity index (χ2n) is 11.9. The Morgan fingerprint density at radius 1 is 1.07 bits per heavy atom. The molecule has 0 saturated carbocycles. The van der Waals surface area contributed by atoms with Crippen molar-refractivity contribution in [2.75, 3.05) is 45.1 Å². The molecule has 2 aromatic carbocycles. The monoisotopic (exact) mass is 607 g/mol. The van der Waals surface area contributed by atoms with E-state index in [0.29, 0.717) is 67.4 Å². The first-order chi connectivity index (χ1) is 21.8. The zero-order valence-corrected chi connectivity index (χ0v) is 25.6. The number of carbonyl (C=O) groups is 1. The highest BCUT2D eigenvalue weighted by molar-refractivity contribution is 5.97. The number of likely N-dealkylation sites (tertiary alicyclic amines) is 1. The number of anilines is 1. The summed E-state index contributed by atoms with van der Waals surface area (Å²) in [5.41, 5.74) is 7.47. The second-order valence-corrected chi connectivity index (χ2v) is 11.9. The van der Waals surface area contributed by atoms with Gasteiger partial charge in [0.05, 0.1) is 30.5 Å². The fourth-order valence-corrected chi connectivity index (χ4v) is 6.32. The maximum atomic E-state index is 14.2. The number of fused-ring (bicyclic) bond motifs is 1. The summed E-state index contributed by atoms with van der Waals surface area (Å²) in [5, 5.41) is 10.0. The van der Waals surface area contributed by atoms with Gasteiger partial charge in [-0.15, -0.1) is 0 Å². The average Bonchev–Trinajstić information content (AvgIpc) is 3.37. The first-order valence-corrected chi connectivity index (χ1v) is 15.2. The largest absolute Gasteiger partial charge is 0.457 e. The highest BCUT2D eigenvalue weighted by atomic mass is 16.5. The number of benzene rings is 2. The summed E-state index contributed by atoms with van der Waals surface area (Å²) < 4.78 is 14.7. The lowest BCUT2D eigenvalue weighted by atomic mass is 9.97. The Morgan fingerprint density at radius 3 is 2.49 bits per heavy atom. The van der Waals surface area contributed by atoms with Crippen molar-refractivity contribution >= 4 is 22.8 Å². The summed E-state index contributed by atoms with van der Waals surface area (Å²) in [6, 6.07) is 20.3. The minimum absolute atomic E-state index is 0.105. The minimum Gasteiger partial charge on any atom is -0.457 e. The molecule has 11 heteroatoms. The number of imidazole rings is 1. The number of carbonyl (C=O) groups excluding carboxylic acids is 1. The molecule has 0 bridgehead atoms.